The first kappa shape index (κ1) is 16.3. The molecule has 1 saturated carbocycles. The van der Waals surface area contributed by atoms with Crippen molar-refractivity contribution in [3.8, 4) is 0 Å². The highest BCUT2D eigenvalue weighted by Gasteiger charge is 2.30. The molecule has 126 valence electrons. The molecular weight excluding hydrogens is 306 g/mol. The summed E-state index contributed by atoms with van der Waals surface area (Å²) >= 11 is 0. The Hall–Kier alpha value is -2.60. The first-order chi connectivity index (χ1) is 11.7. The molecule has 6 heteroatoms. The first-order valence-electron chi connectivity index (χ1n) is 8.09. The second kappa shape index (κ2) is 7.79. The van der Waals surface area contributed by atoms with Crippen LogP contribution in [0.2, 0.25) is 0 Å². The predicted octanol–water partition coefficient (Wildman–Crippen LogP) is 2.27. The van der Waals surface area contributed by atoms with Crippen molar-refractivity contribution in [1.82, 2.24) is 15.5 Å². The van der Waals surface area contributed by atoms with Crippen molar-refractivity contribution >= 4 is 11.9 Å². The quantitative estimate of drug-likeness (QED) is 0.818. The maximum absolute atomic E-state index is 12.1. The third kappa shape index (κ3) is 4.96. The highest BCUT2D eigenvalue weighted by Crippen LogP contribution is 2.27. The minimum Gasteiger partial charge on any atom is -0.467 e. The minimum atomic E-state index is -0.508. The van der Waals surface area contributed by atoms with E-state index in [1.165, 1.54) is 11.8 Å². The molecule has 0 radical (unpaired) electrons. The molecule has 1 aliphatic rings. The number of nitrogens with one attached hydrogen (secondary N) is 2. The van der Waals surface area contributed by atoms with Gasteiger partial charge < -0.3 is 9.73 Å². The van der Waals surface area contributed by atoms with Gasteiger partial charge in [-0.3, -0.25) is 15.0 Å². The van der Waals surface area contributed by atoms with Crippen LogP contribution in [0.1, 0.15) is 24.2 Å². The van der Waals surface area contributed by atoms with Crippen molar-refractivity contribution in [3.63, 3.8) is 0 Å². The zero-order valence-corrected chi connectivity index (χ0v) is 13.4. The monoisotopic (exact) mass is 327 g/mol. The summed E-state index contributed by atoms with van der Waals surface area (Å²) in [6.07, 6.45) is 3.74. The number of urea groups is 1. The smallest absolute Gasteiger partial charge is 0.321 e. The van der Waals surface area contributed by atoms with E-state index >= 15 is 0 Å². The minimum absolute atomic E-state index is 0.216. The number of benzene rings is 1. The van der Waals surface area contributed by atoms with Gasteiger partial charge in [-0.25, -0.2) is 4.79 Å². The van der Waals surface area contributed by atoms with E-state index in [4.69, 9.17) is 4.42 Å². The summed E-state index contributed by atoms with van der Waals surface area (Å²) in [4.78, 5) is 26.0. The summed E-state index contributed by atoms with van der Waals surface area (Å²) in [6, 6.07) is 13.5. The van der Waals surface area contributed by atoms with Gasteiger partial charge in [0.15, 0.2) is 0 Å². The number of furan rings is 1. The lowest BCUT2D eigenvalue weighted by atomic mass is 10.2. The molecule has 0 unspecified atom stereocenters. The Morgan fingerprint density at radius 2 is 1.92 bits per heavy atom. The number of amides is 3. The van der Waals surface area contributed by atoms with Gasteiger partial charge in [0.1, 0.15) is 5.76 Å². The third-order valence-electron chi connectivity index (χ3n) is 3.89. The number of hydrogen-bond donors (Lipinski definition) is 2. The lowest BCUT2D eigenvalue weighted by molar-refractivity contribution is -0.121. The normalized spacial score (nSPS) is 13.7. The molecule has 1 aliphatic carbocycles. The number of nitrogens with zero attached hydrogens (tertiary/aromatic N) is 1. The summed E-state index contributed by atoms with van der Waals surface area (Å²) in [5, 5.41) is 4.97. The maximum Gasteiger partial charge on any atom is 0.321 e. The molecule has 2 aromatic rings. The summed E-state index contributed by atoms with van der Waals surface area (Å²) < 4.78 is 5.12. The molecule has 0 atom stereocenters. The van der Waals surface area contributed by atoms with Gasteiger partial charge >= 0.3 is 6.03 Å². The largest absolute Gasteiger partial charge is 0.467 e. The van der Waals surface area contributed by atoms with Gasteiger partial charge in [0.05, 0.1) is 19.4 Å². The van der Waals surface area contributed by atoms with Crippen LogP contribution in [0.3, 0.4) is 0 Å². The number of imide groups is 1. The average molecular weight is 327 g/mol. The predicted molar refractivity (Wildman–Crippen MR) is 89.0 cm³/mol. The molecular formula is C18H21N3O3. The summed E-state index contributed by atoms with van der Waals surface area (Å²) in [7, 11) is 0. The average Bonchev–Trinajstić information content (AvgIpc) is 3.29. The zero-order chi connectivity index (χ0) is 16.8. The molecule has 0 saturated heterocycles. The van der Waals surface area contributed by atoms with E-state index in [-0.39, 0.29) is 19.0 Å². The number of carbonyl (C=O) groups is 2. The van der Waals surface area contributed by atoms with Crippen molar-refractivity contribution < 1.29 is 14.0 Å². The van der Waals surface area contributed by atoms with Crippen LogP contribution in [0.15, 0.2) is 53.1 Å². The van der Waals surface area contributed by atoms with Crippen molar-refractivity contribution in [2.45, 2.75) is 32.0 Å². The number of rotatable bonds is 7. The molecule has 2 N–H and O–H groups in total. The van der Waals surface area contributed by atoms with Gasteiger partial charge in [-0.1, -0.05) is 30.3 Å². The maximum atomic E-state index is 12.1. The van der Waals surface area contributed by atoms with E-state index < -0.39 is 6.03 Å². The summed E-state index contributed by atoms with van der Waals surface area (Å²) in [5.41, 5.74) is 1.17. The van der Waals surface area contributed by atoms with E-state index in [0.717, 1.165) is 12.8 Å². The van der Waals surface area contributed by atoms with Crippen molar-refractivity contribution in [3.05, 3.63) is 60.1 Å². The fourth-order valence-corrected chi connectivity index (χ4v) is 2.55. The van der Waals surface area contributed by atoms with Crippen LogP contribution in [0.5, 0.6) is 0 Å². The Balaban J connectivity index is 1.46. The molecule has 3 rings (SSSR count). The summed E-state index contributed by atoms with van der Waals surface area (Å²) in [5.74, 6) is 0.344. The molecule has 0 aliphatic heterocycles. The van der Waals surface area contributed by atoms with Gasteiger partial charge in [-0.2, -0.15) is 0 Å². The van der Waals surface area contributed by atoms with Crippen LogP contribution in [-0.4, -0.2) is 29.4 Å². The lowest BCUT2D eigenvalue weighted by Crippen LogP contribution is -2.44. The van der Waals surface area contributed by atoms with Crippen molar-refractivity contribution in [1.29, 1.82) is 0 Å². The Morgan fingerprint density at radius 3 is 2.58 bits per heavy atom. The molecule has 6 nitrogen and oxygen atoms in total. The van der Waals surface area contributed by atoms with Crippen LogP contribution in [-0.2, 0) is 17.9 Å². The van der Waals surface area contributed by atoms with E-state index in [9.17, 15) is 9.59 Å². The van der Waals surface area contributed by atoms with Crippen molar-refractivity contribution in [2.75, 3.05) is 6.54 Å². The van der Waals surface area contributed by atoms with E-state index in [1.54, 1.807) is 12.1 Å². The third-order valence-corrected chi connectivity index (χ3v) is 3.89. The van der Waals surface area contributed by atoms with Crippen LogP contribution in [0.4, 0.5) is 4.79 Å². The van der Waals surface area contributed by atoms with E-state index in [2.05, 4.69) is 15.5 Å². The molecule has 1 aromatic carbocycles. The second-order valence-corrected chi connectivity index (χ2v) is 5.93. The van der Waals surface area contributed by atoms with Gasteiger partial charge in [0.2, 0.25) is 5.91 Å². The van der Waals surface area contributed by atoms with E-state index in [1.807, 2.05) is 30.3 Å². The van der Waals surface area contributed by atoms with Gasteiger partial charge in [-0.15, -0.1) is 0 Å². The second-order valence-electron chi connectivity index (χ2n) is 5.93. The van der Waals surface area contributed by atoms with Crippen LogP contribution < -0.4 is 10.6 Å². The Bertz CT molecular complexity index is 666. The van der Waals surface area contributed by atoms with Crippen LogP contribution in [0.25, 0.3) is 0 Å². The van der Waals surface area contributed by atoms with E-state index in [0.29, 0.717) is 18.3 Å². The fraction of sp³-hybridized carbons (Fsp3) is 0.333. The molecule has 24 heavy (non-hydrogen) atoms. The number of hydrogen-bond acceptors (Lipinski definition) is 4. The topological polar surface area (TPSA) is 74.6 Å². The lowest BCUT2D eigenvalue weighted by Gasteiger charge is -2.21. The highest BCUT2D eigenvalue weighted by atomic mass is 16.3. The fourth-order valence-electron chi connectivity index (χ4n) is 2.55. The molecule has 3 amide bonds. The molecule has 1 aromatic heterocycles. The molecule has 0 bridgehead atoms. The van der Waals surface area contributed by atoms with Gasteiger partial charge in [-0.05, 0) is 30.5 Å². The molecule has 1 heterocycles. The summed E-state index contributed by atoms with van der Waals surface area (Å²) in [6.45, 7) is 1.18. The Morgan fingerprint density at radius 1 is 1.12 bits per heavy atom. The zero-order valence-electron chi connectivity index (χ0n) is 13.4. The standard InChI is InChI=1S/C18H21N3O3/c22-17(20-18(23)19-11-16-7-4-10-24-16)13-21(15-8-9-15)12-14-5-2-1-3-6-14/h1-7,10,15H,8-9,11-13H2,(H2,19,20,22,23). The first-order valence-corrected chi connectivity index (χ1v) is 8.09. The van der Waals surface area contributed by atoms with Gasteiger partial charge in [0.25, 0.3) is 0 Å². The van der Waals surface area contributed by atoms with Crippen LogP contribution in [0, 0.1) is 0 Å². The number of carbonyl (C=O) groups excluding carboxylic acids is 2. The molecule has 0 spiro atoms. The van der Waals surface area contributed by atoms with Crippen LogP contribution >= 0.6 is 0 Å². The van der Waals surface area contributed by atoms with Crippen molar-refractivity contribution in [2.24, 2.45) is 0 Å². The Labute approximate surface area is 140 Å². The molecule has 1 fully saturated rings. The van der Waals surface area contributed by atoms with Gasteiger partial charge in [0, 0.05) is 12.6 Å². The highest BCUT2D eigenvalue weighted by molar-refractivity contribution is 5.95. The SMILES string of the molecule is O=C(CN(Cc1ccccc1)C1CC1)NC(=O)NCc1ccco1. The Kier molecular flexibility index (Phi) is 5.28.